The minimum atomic E-state index is -4.38. The molecular formula is C13H9F3N2O2. The first kappa shape index (κ1) is 14.0. The zero-order chi connectivity index (χ0) is 14.8. The Morgan fingerprint density at radius 2 is 1.65 bits per heavy atom. The van der Waals surface area contributed by atoms with Crippen LogP contribution in [-0.2, 0) is 17.4 Å². The van der Waals surface area contributed by atoms with Crippen LogP contribution in [0.1, 0.15) is 11.1 Å². The van der Waals surface area contributed by atoms with Crippen LogP contribution in [0, 0.1) is 0 Å². The van der Waals surface area contributed by atoms with Gasteiger partial charge in [0.15, 0.2) is 5.82 Å². The second-order valence-corrected chi connectivity index (χ2v) is 4.06. The summed E-state index contributed by atoms with van der Waals surface area (Å²) in [6.07, 6.45) is -1.90. The fourth-order valence-corrected chi connectivity index (χ4v) is 1.58. The molecule has 0 aliphatic heterocycles. The Balaban J connectivity index is 2.21. The van der Waals surface area contributed by atoms with Gasteiger partial charge >= 0.3 is 12.1 Å². The molecule has 1 heterocycles. The van der Waals surface area contributed by atoms with Crippen molar-refractivity contribution in [3.05, 3.63) is 47.8 Å². The zero-order valence-electron chi connectivity index (χ0n) is 10.1. The van der Waals surface area contributed by atoms with Crippen molar-refractivity contribution in [3.63, 3.8) is 0 Å². The molecule has 0 spiro atoms. The van der Waals surface area contributed by atoms with Gasteiger partial charge in [-0.3, -0.25) is 4.79 Å². The molecule has 0 amide bonds. The summed E-state index contributed by atoms with van der Waals surface area (Å²) in [6, 6.07) is 4.44. The minimum absolute atomic E-state index is 0.201. The Hall–Kier alpha value is -2.44. The van der Waals surface area contributed by atoms with Gasteiger partial charge in [0.25, 0.3) is 0 Å². The standard InChI is InChI=1S/C13H9F3N2O2/c14-13(15,16)10-3-1-9(2-4-10)12-17-6-8(7-18-12)5-11(19)20/h1-4,6-7H,5H2,(H,19,20). The van der Waals surface area contributed by atoms with E-state index in [4.69, 9.17) is 5.11 Å². The summed E-state index contributed by atoms with van der Waals surface area (Å²) in [5.74, 6) is -0.760. The van der Waals surface area contributed by atoms with Crippen LogP contribution in [0.4, 0.5) is 13.2 Å². The molecule has 0 bridgehead atoms. The van der Waals surface area contributed by atoms with E-state index in [1.807, 2.05) is 0 Å². The molecule has 7 heteroatoms. The molecule has 0 saturated heterocycles. The number of carboxylic acid groups (broad SMARTS) is 1. The molecule has 0 aliphatic rings. The number of aromatic nitrogens is 2. The lowest BCUT2D eigenvalue weighted by atomic mass is 10.1. The van der Waals surface area contributed by atoms with Gasteiger partial charge in [0.1, 0.15) is 0 Å². The first-order chi connectivity index (χ1) is 9.36. The Labute approximate surface area is 111 Å². The molecule has 20 heavy (non-hydrogen) atoms. The maximum atomic E-state index is 12.4. The lowest BCUT2D eigenvalue weighted by Gasteiger charge is -2.07. The van der Waals surface area contributed by atoms with E-state index >= 15 is 0 Å². The molecule has 2 rings (SSSR count). The van der Waals surface area contributed by atoms with Crippen molar-refractivity contribution in [2.24, 2.45) is 0 Å². The van der Waals surface area contributed by atoms with Gasteiger partial charge in [-0.05, 0) is 17.7 Å². The maximum absolute atomic E-state index is 12.4. The van der Waals surface area contributed by atoms with E-state index in [2.05, 4.69) is 9.97 Å². The monoisotopic (exact) mass is 282 g/mol. The summed E-state index contributed by atoms with van der Waals surface area (Å²) in [7, 11) is 0. The number of nitrogens with zero attached hydrogens (tertiary/aromatic N) is 2. The average Bonchev–Trinajstić information content (AvgIpc) is 2.38. The molecule has 1 aromatic carbocycles. The summed E-state index contributed by atoms with van der Waals surface area (Å²) in [5.41, 5.74) is 0.108. The molecule has 104 valence electrons. The predicted octanol–water partition coefficient (Wildman–Crippen LogP) is 2.79. The Bertz CT molecular complexity index is 607. The third-order valence-electron chi connectivity index (χ3n) is 2.53. The smallest absolute Gasteiger partial charge is 0.416 e. The van der Waals surface area contributed by atoms with Gasteiger partial charge < -0.3 is 5.11 Å². The van der Waals surface area contributed by atoms with Crippen LogP contribution in [0.2, 0.25) is 0 Å². The Kier molecular flexibility index (Phi) is 3.69. The van der Waals surface area contributed by atoms with Crippen LogP contribution >= 0.6 is 0 Å². The minimum Gasteiger partial charge on any atom is -0.481 e. The van der Waals surface area contributed by atoms with Crippen molar-refractivity contribution in [2.45, 2.75) is 12.6 Å². The quantitative estimate of drug-likeness (QED) is 0.940. The number of alkyl halides is 3. The molecule has 2 aromatic rings. The molecule has 0 saturated carbocycles. The molecule has 0 radical (unpaired) electrons. The number of carbonyl (C=O) groups is 1. The summed E-state index contributed by atoms with van der Waals surface area (Å²) < 4.78 is 37.2. The zero-order valence-corrected chi connectivity index (χ0v) is 10.1. The van der Waals surface area contributed by atoms with Crippen molar-refractivity contribution in [1.29, 1.82) is 0 Å². The van der Waals surface area contributed by atoms with E-state index in [0.29, 0.717) is 11.1 Å². The van der Waals surface area contributed by atoms with E-state index in [0.717, 1.165) is 12.1 Å². The predicted molar refractivity (Wildman–Crippen MR) is 63.8 cm³/mol. The second kappa shape index (κ2) is 5.28. The normalized spacial score (nSPS) is 11.3. The summed E-state index contributed by atoms with van der Waals surface area (Å²) in [4.78, 5) is 18.4. The molecule has 1 aromatic heterocycles. The van der Waals surface area contributed by atoms with Crippen molar-refractivity contribution in [1.82, 2.24) is 9.97 Å². The summed E-state index contributed by atoms with van der Waals surface area (Å²) >= 11 is 0. The summed E-state index contributed by atoms with van der Waals surface area (Å²) in [6.45, 7) is 0. The van der Waals surface area contributed by atoms with Gasteiger partial charge in [-0.1, -0.05) is 12.1 Å². The fourth-order valence-electron chi connectivity index (χ4n) is 1.58. The number of halogens is 3. The lowest BCUT2D eigenvalue weighted by Crippen LogP contribution is -2.04. The van der Waals surface area contributed by atoms with Gasteiger partial charge in [0, 0.05) is 18.0 Å². The van der Waals surface area contributed by atoms with Crippen LogP contribution in [0.15, 0.2) is 36.7 Å². The van der Waals surface area contributed by atoms with Crippen molar-refractivity contribution >= 4 is 5.97 Å². The molecule has 0 fully saturated rings. The van der Waals surface area contributed by atoms with Crippen LogP contribution in [0.5, 0.6) is 0 Å². The number of aliphatic carboxylic acids is 1. The van der Waals surface area contributed by atoms with E-state index in [1.54, 1.807) is 0 Å². The number of carboxylic acids is 1. The highest BCUT2D eigenvalue weighted by Crippen LogP contribution is 2.30. The third-order valence-corrected chi connectivity index (χ3v) is 2.53. The van der Waals surface area contributed by atoms with Gasteiger partial charge in [0.2, 0.25) is 0 Å². The fraction of sp³-hybridized carbons (Fsp3) is 0.154. The Morgan fingerprint density at radius 3 is 2.10 bits per heavy atom. The third kappa shape index (κ3) is 3.31. The number of rotatable bonds is 3. The molecule has 1 N–H and O–H groups in total. The molecule has 4 nitrogen and oxygen atoms in total. The van der Waals surface area contributed by atoms with Crippen molar-refractivity contribution in [2.75, 3.05) is 0 Å². The molecule has 0 aliphatic carbocycles. The van der Waals surface area contributed by atoms with Gasteiger partial charge in [-0.2, -0.15) is 13.2 Å². The first-order valence-corrected chi connectivity index (χ1v) is 5.56. The number of hydrogen-bond acceptors (Lipinski definition) is 3. The van der Waals surface area contributed by atoms with E-state index < -0.39 is 17.7 Å². The van der Waals surface area contributed by atoms with Crippen LogP contribution in [0.25, 0.3) is 11.4 Å². The van der Waals surface area contributed by atoms with Crippen LogP contribution in [0.3, 0.4) is 0 Å². The highest BCUT2D eigenvalue weighted by atomic mass is 19.4. The average molecular weight is 282 g/mol. The highest BCUT2D eigenvalue weighted by molar-refractivity contribution is 5.70. The topological polar surface area (TPSA) is 63.1 Å². The molecule has 0 atom stereocenters. The van der Waals surface area contributed by atoms with Gasteiger partial charge in [-0.25, -0.2) is 9.97 Å². The SMILES string of the molecule is O=C(O)Cc1cnc(-c2ccc(C(F)(F)F)cc2)nc1. The van der Waals surface area contributed by atoms with Crippen molar-refractivity contribution < 1.29 is 23.1 Å². The van der Waals surface area contributed by atoms with E-state index in [9.17, 15) is 18.0 Å². The van der Waals surface area contributed by atoms with Gasteiger partial charge in [-0.15, -0.1) is 0 Å². The highest BCUT2D eigenvalue weighted by Gasteiger charge is 2.30. The summed E-state index contributed by atoms with van der Waals surface area (Å²) in [5, 5.41) is 8.60. The Morgan fingerprint density at radius 1 is 1.10 bits per heavy atom. The van der Waals surface area contributed by atoms with E-state index in [-0.39, 0.29) is 12.2 Å². The number of benzene rings is 1. The van der Waals surface area contributed by atoms with E-state index in [1.165, 1.54) is 24.5 Å². The first-order valence-electron chi connectivity index (χ1n) is 5.56. The van der Waals surface area contributed by atoms with Gasteiger partial charge in [0.05, 0.1) is 12.0 Å². The molecular weight excluding hydrogens is 273 g/mol. The maximum Gasteiger partial charge on any atom is 0.416 e. The molecule has 0 unspecified atom stereocenters. The number of hydrogen-bond donors (Lipinski definition) is 1. The second-order valence-electron chi connectivity index (χ2n) is 4.06. The van der Waals surface area contributed by atoms with Crippen LogP contribution < -0.4 is 0 Å². The lowest BCUT2D eigenvalue weighted by molar-refractivity contribution is -0.138. The largest absolute Gasteiger partial charge is 0.481 e. The van der Waals surface area contributed by atoms with Crippen molar-refractivity contribution in [3.8, 4) is 11.4 Å². The van der Waals surface area contributed by atoms with Crippen LogP contribution in [-0.4, -0.2) is 21.0 Å².